The van der Waals surface area contributed by atoms with Gasteiger partial charge < -0.3 is 9.47 Å². The van der Waals surface area contributed by atoms with Gasteiger partial charge in [-0.2, -0.15) is 0 Å². The second-order valence-corrected chi connectivity index (χ2v) is 3.71. The molecule has 0 aliphatic rings. The fraction of sp³-hybridized carbons (Fsp3) is 1.00. The van der Waals surface area contributed by atoms with E-state index in [0.29, 0.717) is 0 Å². The summed E-state index contributed by atoms with van der Waals surface area (Å²) in [5.74, 6) is 0.764. The van der Waals surface area contributed by atoms with Crippen molar-refractivity contribution in [1.82, 2.24) is 0 Å². The van der Waals surface area contributed by atoms with Crippen LogP contribution in [0.4, 0.5) is 0 Å². The van der Waals surface area contributed by atoms with Gasteiger partial charge in [-0.25, -0.2) is 0 Å². The van der Waals surface area contributed by atoms with Gasteiger partial charge in [-0.05, 0) is 25.7 Å². The van der Waals surface area contributed by atoms with Crippen LogP contribution in [-0.2, 0) is 9.47 Å². The molecule has 0 radical (unpaired) electrons. The van der Waals surface area contributed by atoms with E-state index in [4.69, 9.17) is 21.1 Å². The summed E-state index contributed by atoms with van der Waals surface area (Å²) in [4.78, 5) is 0. The standard InChI is InChI=1S/C11H23ClO2/c1-2-3-8-13-10-11-14-9-6-4-5-7-12/h2-11H2,1H3. The summed E-state index contributed by atoms with van der Waals surface area (Å²) in [6.45, 7) is 5.33. The lowest BCUT2D eigenvalue weighted by Gasteiger charge is -2.04. The fourth-order valence-electron chi connectivity index (χ4n) is 1.04. The van der Waals surface area contributed by atoms with Gasteiger partial charge in [0, 0.05) is 19.1 Å². The van der Waals surface area contributed by atoms with E-state index < -0.39 is 0 Å². The molecule has 0 aliphatic heterocycles. The fourth-order valence-corrected chi connectivity index (χ4v) is 1.23. The molecule has 0 aromatic heterocycles. The minimum Gasteiger partial charge on any atom is -0.379 e. The van der Waals surface area contributed by atoms with Crippen molar-refractivity contribution in [1.29, 1.82) is 0 Å². The van der Waals surface area contributed by atoms with E-state index in [1.165, 1.54) is 12.8 Å². The molecule has 0 atom stereocenters. The largest absolute Gasteiger partial charge is 0.379 e. The first-order chi connectivity index (χ1) is 6.91. The number of rotatable bonds is 11. The van der Waals surface area contributed by atoms with Gasteiger partial charge in [0.05, 0.1) is 13.2 Å². The molecule has 3 heteroatoms. The molecule has 0 fully saturated rings. The van der Waals surface area contributed by atoms with Crippen LogP contribution in [0, 0.1) is 0 Å². The molecule has 86 valence electrons. The van der Waals surface area contributed by atoms with Crippen LogP contribution in [0.15, 0.2) is 0 Å². The average molecular weight is 223 g/mol. The first-order valence-corrected chi connectivity index (χ1v) is 6.16. The highest BCUT2D eigenvalue weighted by Crippen LogP contribution is 1.97. The minimum atomic E-state index is 0.727. The highest BCUT2D eigenvalue weighted by atomic mass is 35.5. The van der Waals surface area contributed by atoms with E-state index in [1.54, 1.807) is 0 Å². The van der Waals surface area contributed by atoms with Crippen LogP contribution in [0.2, 0.25) is 0 Å². The molecular formula is C11H23ClO2. The summed E-state index contributed by atoms with van der Waals surface area (Å²) in [5, 5.41) is 0. The van der Waals surface area contributed by atoms with E-state index in [2.05, 4.69) is 6.92 Å². The minimum absolute atomic E-state index is 0.727. The molecule has 0 saturated heterocycles. The summed E-state index contributed by atoms with van der Waals surface area (Å²) in [5.41, 5.74) is 0. The van der Waals surface area contributed by atoms with Gasteiger partial charge in [0.15, 0.2) is 0 Å². The van der Waals surface area contributed by atoms with E-state index in [1.807, 2.05) is 0 Å². The van der Waals surface area contributed by atoms with Crippen molar-refractivity contribution in [2.75, 3.05) is 32.3 Å². The van der Waals surface area contributed by atoms with Gasteiger partial charge in [0.1, 0.15) is 0 Å². The Kier molecular flexibility index (Phi) is 13.4. The van der Waals surface area contributed by atoms with Crippen molar-refractivity contribution in [3.8, 4) is 0 Å². The molecule has 0 saturated carbocycles. The lowest BCUT2D eigenvalue weighted by Crippen LogP contribution is -2.06. The molecule has 0 aliphatic carbocycles. The van der Waals surface area contributed by atoms with Gasteiger partial charge in [-0.3, -0.25) is 0 Å². The number of halogens is 1. The van der Waals surface area contributed by atoms with Crippen LogP contribution < -0.4 is 0 Å². The Morgan fingerprint density at radius 3 is 2.00 bits per heavy atom. The Bertz CT molecular complexity index is 87.3. The van der Waals surface area contributed by atoms with Crippen LogP contribution in [0.3, 0.4) is 0 Å². The quantitative estimate of drug-likeness (QED) is 0.395. The van der Waals surface area contributed by atoms with Crippen molar-refractivity contribution in [3.63, 3.8) is 0 Å². The van der Waals surface area contributed by atoms with Gasteiger partial charge >= 0.3 is 0 Å². The Morgan fingerprint density at radius 1 is 0.786 bits per heavy atom. The number of hydrogen-bond donors (Lipinski definition) is 0. The Hall–Kier alpha value is 0.210. The molecular weight excluding hydrogens is 200 g/mol. The zero-order chi connectivity index (χ0) is 10.5. The molecule has 0 aromatic carbocycles. The summed E-state index contributed by atoms with van der Waals surface area (Å²) in [6, 6.07) is 0. The third-order valence-electron chi connectivity index (χ3n) is 1.94. The molecule has 0 rings (SSSR count). The second kappa shape index (κ2) is 13.2. The van der Waals surface area contributed by atoms with Crippen LogP contribution in [-0.4, -0.2) is 32.3 Å². The molecule has 0 heterocycles. The molecule has 0 N–H and O–H groups in total. The number of unbranched alkanes of at least 4 members (excludes halogenated alkanes) is 3. The topological polar surface area (TPSA) is 18.5 Å². The van der Waals surface area contributed by atoms with Crippen LogP contribution >= 0.6 is 11.6 Å². The highest BCUT2D eigenvalue weighted by Gasteiger charge is 1.90. The van der Waals surface area contributed by atoms with E-state index in [0.717, 1.165) is 51.6 Å². The van der Waals surface area contributed by atoms with Crippen molar-refractivity contribution < 1.29 is 9.47 Å². The molecule has 0 bridgehead atoms. The smallest absolute Gasteiger partial charge is 0.0700 e. The summed E-state index contributed by atoms with van der Waals surface area (Å²) >= 11 is 5.55. The number of hydrogen-bond acceptors (Lipinski definition) is 2. The Morgan fingerprint density at radius 2 is 1.43 bits per heavy atom. The summed E-state index contributed by atoms with van der Waals surface area (Å²) in [7, 11) is 0. The van der Waals surface area contributed by atoms with Crippen molar-refractivity contribution in [2.24, 2.45) is 0 Å². The third kappa shape index (κ3) is 12.2. The average Bonchev–Trinajstić information content (AvgIpc) is 2.21. The van der Waals surface area contributed by atoms with Gasteiger partial charge in [0.2, 0.25) is 0 Å². The van der Waals surface area contributed by atoms with E-state index in [-0.39, 0.29) is 0 Å². The first kappa shape index (κ1) is 14.2. The molecule has 0 amide bonds. The predicted octanol–water partition coefficient (Wildman–Crippen LogP) is 3.23. The van der Waals surface area contributed by atoms with Gasteiger partial charge in [-0.15, -0.1) is 11.6 Å². The second-order valence-electron chi connectivity index (χ2n) is 3.33. The lowest BCUT2D eigenvalue weighted by atomic mass is 10.3. The SMILES string of the molecule is CCCCOCCOCCCCCCl. The van der Waals surface area contributed by atoms with Crippen molar-refractivity contribution in [2.45, 2.75) is 39.0 Å². The maximum atomic E-state index is 5.55. The Labute approximate surface area is 92.9 Å². The van der Waals surface area contributed by atoms with Gasteiger partial charge in [0.25, 0.3) is 0 Å². The lowest BCUT2D eigenvalue weighted by molar-refractivity contribution is 0.0454. The highest BCUT2D eigenvalue weighted by molar-refractivity contribution is 6.17. The first-order valence-electron chi connectivity index (χ1n) is 5.63. The third-order valence-corrected chi connectivity index (χ3v) is 2.20. The predicted molar refractivity (Wildman–Crippen MR) is 61.1 cm³/mol. The van der Waals surface area contributed by atoms with E-state index in [9.17, 15) is 0 Å². The summed E-state index contributed by atoms with van der Waals surface area (Å²) < 4.78 is 10.7. The molecule has 2 nitrogen and oxygen atoms in total. The Balaban J connectivity index is 2.78. The van der Waals surface area contributed by atoms with Gasteiger partial charge in [-0.1, -0.05) is 13.3 Å². The monoisotopic (exact) mass is 222 g/mol. The van der Waals surface area contributed by atoms with Crippen LogP contribution in [0.5, 0.6) is 0 Å². The normalized spacial score (nSPS) is 10.7. The molecule has 0 aromatic rings. The molecule has 0 spiro atoms. The van der Waals surface area contributed by atoms with Crippen LogP contribution in [0.25, 0.3) is 0 Å². The zero-order valence-corrected chi connectivity index (χ0v) is 10.0. The molecule has 0 unspecified atom stereocenters. The van der Waals surface area contributed by atoms with E-state index >= 15 is 0 Å². The van der Waals surface area contributed by atoms with Crippen molar-refractivity contribution >= 4 is 11.6 Å². The maximum Gasteiger partial charge on any atom is 0.0700 e. The van der Waals surface area contributed by atoms with Crippen molar-refractivity contribution in [3.05, 3.63) is 0 Å². The van der Waals surface area contributed by atoms with Crippen LogP contribution in [0.1, 0.15) is 39.0 Å². The number of ether oxygens (including phenoxy) is 2. The summed E-state index contributed by atoms with van der Waals surface area (Å²) in [6.07, 6.45) is 5.72. The maximum absolute atomic E-state index is 5.55. The number of alkyl halides is 1. The molecule has 14 heavy (non-hydrogen) atoms. The zero-order valence-electron chi connectivity index (χ0n) is 9.27.